The highest BCUT2D eigenvalue weighted by molar-refractivity contribution is 5.93. The van der Waals surface area contributed by atoms with Gasteiger partial charge in [-0.3, -0.25) is 4.98 Å². The molecule has 0 saturated heterocycles. The Morgan fingerprint density at radius 3 is 2.78 bits per heavy atom. The van der Waals surface area contributed by atoms with E-state index in [0.29, 0.717) is 6.61 Å². The van der Waals surface area contributed by atoms with Crippen LogP contribution in [0, 0.1) is 0 Å². The van der Waals surface area contributed by atoms with Crippen LogP contribution >= 0.6 is 0 Å². The van der Waals surface area contributed by atoms with Crippen molar-refractivity contribution in [1.82, 2.24) is 4.98 Å². The summed E-state index contributed by atoms with van der Waals surface area (Å²) >= 11 is 0. The molecular weight excluding hydrogens is 230 g/mol. The summed E-state index contributed by atoms with van der Waals surface area (Å²) in [5.74, 6) is -0.927. The molecule has 1 aromatic heterocycles. The number of fused-ring (bicyclic) bond motifs is 1. The minimum atomic E-state index is -0.927. The molecule has 0 bridgehead atoms. The van der Waals surface area contributed by atoms with E-state index in [2.05, 4.69) is 4.98 Å². The third kappa shape index (κ3) is 2.84. The summed E-state index contributed by atoms with van der Waals surface area (Å²) in [6, 6.07) is 8.63. The summed E-state index contributed by atoms with van der Waals surface area (Å²) < 4.78 is 5.48. The summed E-state index contributed by atoms with van der Waals surface area (Å²) in [7, 11) is 0. The molecule has 0 aliphatic rings. The van der Waals surface area contributed by atoms with Crippen LogP contribution in [0.1, 0.15) is 29.9 Å². The number of carboxylic acids is 1. The molecule has 4 heteroatoms. The number of aromatic carboxylic acids is 1. The van der Waals surface area contributed by atoms with Crippen molar-refractivity contribution in [3.63, 3.8) is 0 Å². The van der Waals surface area contributed by atoms with Gasteiger partial charge in [0.15, 0.2) is 0 Å². The maximum Gasteiger partial charge on any atom is 0.335 e. The molecule has 2 aromatic rings. The number of pyridine rings is 1. The smallest absolute Gasteiger partial charge is 0.335 e. The first kappa shape index (κ1) is 12.5. The number of hydrogen-bond acceptors (Lipinski definition) is 3. The third-order valence-corrected chi connectivity index (χ3v) is 2.56. The largest absolute Gasteiger partial charge is 0.478 e. The van der Waals surface area contributed by atoms with Crippen LogP contribution in [-0.2, 0) is 11.3 Å². The Labute approximate surface area is 105 Å². The maximum atomic E-state index is 10.8. The normalized spacial score (nSPS) is 11.1. The molecule has 1 N–H and O–H groups in total. The number of benzene rings is 1. The van der Waals surface area contributed by atoms with E-state index in [1.165, 1.54) is 0 Å². The first-order valence-corrected chi connectivity index (χ1v) is 5.81. The summed E-state index contributed by atoms with van der Waals surface area (Å²) in [5.41, 5.74) is 1.90. The number of carbonyl (C=O) groups is 1. The van der Waals surface area contributed by atoms with E-state index in [4.69, 9.17) is 9.84 Å². The Balaban J connectivity index is 2.29. The number of nitrogens with zero attached hydrogens (tertiary/aromatic N) is 1. The number of hydrogen-bond donors (Lipinski definition) is 1. The molecule has 0 amide bonds. The first-order chi connectivity index (χ1) is 8.56. The van der Waals surface area contributed by atoms with Crippen molar-refractivity contribution in [3.05, 3.63) is 41.6 Å². The predicted octanol–water partition coefficient (Wildman–Crippen LogP) is 2.86. The van der Waals surface area contributed by atoms with Crippen LogP contribution in [0.5, 0.6) is 0 Å². The van der Waals surface area contributed by atoms with Gasteiger partial charge in [-0.15, -0.1) is 0 Å². The summed E-state index contributed by atoms with van der Waals surface area (Å²) in [6.45, 7) is 4.41. The van der Waals surface area contributed by atoms with E-state index >= 15 is 0 Å². The van der Waals surface area contributed by atoms with Gasteiger partial charge in [0.1, 0.15) is 0 Å². The maximum absolute atomic E-state index is 10.8. The summed E-state index contributed by atoms with van der Waals surface area (Å²) in [4.78, 5) is 15.3. The minimum absolute atomic E-state index is 0.164. The zero-order valence-electron chi connectivity index (χ0n) is 10.4. The molecule has 1 heterocycles. The SMILES string of the molecule is CC(C)OCc1ccc2cc(C(=O)O)ccc2n1. The Hall–Kier alpha value is -1.94. The average Bonchev–Trinajstić information content (AvgIpc) is 2.35. The number of ether oxygens (including phenoxy) is 1. The van der Waals surface area contributed by atoms with E-state index in [0.717, 1.165) is 16.6 Å². The monoisotopic (exact) mass is 245 g/mol. The molecule has 1 aromatic carbocycles. The second-order valence-electron chi connectivity index (χ2n) is 4.37. The molecule has 0 saturated carbocycles. The highest BCUT2D eigenvalue weighted by Gasteiger charge is 2.05. The molecule has 94 valence electrons. The van der Waals surface area contributed by atoms with E-state index in [9.17, 15) is 4.79 Å². The van der Waals surface area contributed by atoms with Gasteiger partial charge in [0.2, 0.25) is 0 Å². The Kier molecular flexibility index (Phi) is 3.58. The molecule has 0 spiro atoms. The molecule has 4 nitrogen and oxygen atoms in total. The molecular formula is C14H15NO3. The quantitative estimate of drug-likeness (QED) is 0.899. The standard InChI is InChI=1S/C14H15NO3/c1-9(2)18-8-12-5-3-10-7-11(14(16)17)4-6-13(10)15-12/h3-7,9H,8H2,1-2H3,(H,16,17). The van der Waals surface area contributed by atoms with Gasteiger partial charge in [-0.05, 0) is 38.1 Å². The van der Waals surface area contributed by atoms with E-state index < -0.39 is 5.97 Å². The Morgan fingerprint density at radius 1 is 1.33 bits per heavy atom. The number of rotatable bonds is 4. The van der Waals surface area contributed by atoms with Gasteiger partial charge >= 0.3 is 5.97 Å². The van der Waals surface area contributed by atoms with Crippen LogP contribution in [0.3, 0.4) is 0 Å². The topological polar surface area (TPSA) is 59.4 Å². The Bertz CT molecular complexity index is 578. The lowest BCUT2D eigenvalue weighted by Gasteiger charge is -2.07. The molecule has 2 rings (SSSR count). The van der Waals surface area contributed by atoms with Gasteiger partial charge in [-0.1, -0.05) is 6.07 Å². The van der Waals surface area contributed by atoms with Crippen molar-refractivity contribution in [2.75, 3.05) is 0 Å². The van der Waals surface area contributed by atoms with Gasteiger partial charge in [0, 0.05) is 5.39 Å². The minimum Gasteiger partial charge on any atom is -0.478 e. The fourth-order valence-corrected chi connectivity index (χ4v) is 1.63. The van der Waals surface area contributed by atoms with Crippen molar-refractivity contribution in [3.8, 4) is 0 Å². The van der Waals surface area contributed by atoms with Crippen LogP contribution in [0.2, 0.25) is 0 Å². The van der Waals surface area contributed by atoms with Gasteiger partial charge in [-0.2, -0.15) is 0 Å². The van der Waals surface area contributed by atoms with Gasteiger partial charge < -0.3 is 9.84 Å². The van der Waals surface area contributed by atoms with Crippen LogP contribution in [0.15, 0.2) is 30.3 Å². The zero-order valence-corrected chi connectivity index (χ0v) is 10.4. The molecule has 0 fully saturated rings. The van der Waals surface area contributed by atoms with Crippen molar-refractivity contribution in [2.24, 2.45) is 0 Å². The fourth-order valence-electron chi connectivity index (χ4n) is 1.63. The second-order valence-corrected chi connectivity index (χ2v) is 4.37. The van der Waals surface area contributed by atoms with Crippen molar-refractivity contribution >= 4 is 16.9 Å². The van der Waals surface area contributed by atoms with Gasteiger partial charge in [-0.25, -0.2) is 4.79 Å². The third-order valence-electron chi connectivity index (χ3n) is 2.56. The lowest BCUT2D eigenvalue weighted by Crippen LogP contribution is -2.03. The fraction of sp³-hybridized carbons (Fsp3) is 0.286. The summed E-state index contributed by atoms with van der Waals surface area (Å²) in [6.07, 6.45) is 0.164. The molecule has 0 radical (unpaired) electrons. The van der Waals surface area contributed by atoms with E-state index in [1.807, 2.05) is 26.0 Å². The van der Waals surface area contributed by atoms with E-state index in [1.54, 1.807) is 18.2 Å². The predicted molar refractivity (Wildman–Crippen MR) is 68.6 cm³/mol. The van der Waals surface area contributed by atoms with Crippen LogP contribution < -0.4 is 0 Å². The number of carboxylic acid groups (broad SMARTS) is 1. The molecule has 0 aliphatic heterocycles. The molecule has 18 heavy (non-hydrogen) atoms. The second kappa shape index (κ2) is 5.14. The summed E-state index contributed by atoms with van der Waals surface area (Å²) in [5, 5.41) is 9.73. The highest BCUT2D eigenvalue weighted by atomic mass is 16.5. The highest BCUT2D eigenvalue weighted by Crippen LogP contribution is 2.15. The van der Waals surface area contributed by atoms with Crippen LogP contribution in [0.25, 0.3) is 10.9 Å². The Morgan fingerprint density at radius 2 is 2.11 bits per heavy atom. The lowest BCUT2D eigenvalue weighted by molar-refractivity contribution is 0.0637. The van der Waals surface area contributed by atoms with Gasteiger partial charge in [0.05, 0.1) is 29.5 Å². The number of aromatic nitrogens is 1. The molecule has 0 unspecified atom stereocenters. The first-order valence-electron chi connectivity index (χ1n) is 5.81. The van der Waals surface area contributed by atoms with Crippen molar-refractivity contribution in [1.29, 1.82) is 0 Å². The van der Waals surface area contributed by atoms with Crippen molar-refractivity contribution in [2.45, 2.75) is 26.6 Å². The molecule has 0 aliphatic carbocycles. The lowest BCUT2D eigenvalue weighted by atomic mass is 10.1. The zero-order chi connectivity index (χ0) is 13.1. The van der Waals surface area contributed by atoms with Crippen LogP contribution in [-0.4, -0.2) is 22.2 Å². The molecule has 0 atom stereocenters. The van der Waals surface area contributed by atoms with E-state index in [-0.39, 0.29) is 11.7 Å². The van der Waals surface area contributed by atoms with Crippen LogP contribution in [0.4, 0.5) is 0 Å². The van der Waals surface area contributed by atoms with Gasteiger partial charge in [0.25, 0.3) is 0 Å². The van der Waals surface area contributed by atoms with Crippen molar-refractivity contribution < 1.29 is 14.6 Å². The average molecular weight is 245 g/mol.